The van der Waals surface area contributed by atoms with Gasteiger partial charge in [-0.2, -0.15) is 0 Å². The number of rotatable bonds is 6. The molecular weight excluding hydrogens is 350 g/mol. The molecule has 142 valence electrons. The van der Waals surface area contributed by atoms with E-state index in [1.165, 1.54) is 38.8 Å². The van der Waals surface area contributed by atoms with E-state index in [-0.39, 0.29) is 5.91 Å². The minimum atomic E-state index is -0.173. The van der Waals surface area contributed by atoms with Gasteiger partial charge in [0.1, 0.15) is 5.75 Å². The summed E-state index contributed by atoms with van der Waals surface area (Å²) < 4.78 is 5.47. The lowest BCUT2D eigenvalue weighted by molar-refractivity contribution is 0.0940. The maximum absolute atomic E-state index is 12.8. The van der Waals surface area contributed by atoms with Gasteiger partial charge in [-0.25, -0.2) is 0 Å². The molecule has 0 saturated carbocycles. The molecule has 1 aromatic carbocycles. The van der Waals surface area contributed by atoms with Gasteiger partial charge in [-0.05, 0) is 58.2 Å². The fourth-order valence-corrected chi connectivity index (χ4v) is 4.74. The molecule has 0 aromatic heterocycles. The molecule has 1 amide bonds. The molecule has 2 heterocycles. The van der Waals surface area contributed by atoms with Crippen LogP contribution in [0.5, 0.6) is 5.75 Å². The Morgan fingerprint density at radius 1 is 1.42 bits per heavy atom. The number of hydrogen-bond acceptors (Lipinski definition) is 4. The van der Waals surface area contributed by atoms with Gasteiger partial charge in [0.15, 0.2) is 0 Å². The Morgan fingerprint density at radius 2 is 2.12 bits per heavy atom. The van der Waals surface area contributed by atoms with Crippen molar-refractivity contribution in [2.75, 3.05) is 32.5 Å². The topological polar surface area (TPSA) is 67.6 Å². The first-order valence-corrected chi connectivity index (χ1v) is 9.72. The van der Waals surface area contributed by atoms with Crippen LogP contribution in [0.25, 0.3) is 6.08 Å². The predicted molar refractivity (Wildman–Crippen MR) is 107 cm³/mol. The van der Waals surface area contributed by atoms with Crippen molar-refractivity contribution in [2.45, 2.75) is 44.6 Å². The molecule has 26 heavy (non-hydrogen) atoms. The van der Waals surface area contributed by atoms with E-state index >= 15 is 0 Å². The Morgan fingerprint density at radius 3 is 2.73 bits per heavy atom. The van der Waals surface area contributed by atoms with Gasteiger partial charge in [-0.15, -0.1) is 0 Å². The SMILES string of the molecule is C/C=C\c1c(N)c(Cl)cc(C(=O)NCCC23CCCN2CCC3)c1OC. The first-order chi connectivity index (χ1) is 12.5. The second-order valence-electron chi connectivity index (χ2n) is 7.19. The molecular formula is C20H28ClN3O2. The average molecular weight is 378 g/mol. The van der Waals surface area contributed by atoms with Gasteiger partial charge < -0.3 is 15.8 Å². The number of methoxy groups -OCH3 is 1. The zero-order chi connectivity index (χ0) is 18.7. The summed E-state index contributed by atoms with van der Waals surface area (Å²) in [6, 6.07) is 1.59. The van der Waals surface area contributed by atoms with E-state index in [0.717, 1.165) is 6.42 Å². The molecule has 0 radical (unpaired) electrons. The van der Waals surface area contributed by atoms with Crippen LogP contribution in [0.3, 0.4) is 0 Å². The van der Waals surface area contributed by atoms with Crippen molar-refractivity contribution < 1.29 is 9.53 Å². The predicted octanol–water partition coefficient (Wildman–Crippen LogP) is 3.71. The number of ether oxygens (including phenoxy) is 1. The fraction of sp³-hybridized carbons (Fsp3) is 0.550. The summed E-state index contributed by atoms with van der Waals surface area (Å²) in [5, 5.41) is 3.42. The van der Waals surface area contributed by atoms with Gasteiger partial charge in [-0.3, -0.25) is 9.69 Å². The van der Waals surface area contributed by atoms with Crippen molar-refractivity contribution in [2.24, 2.45) is 0 Å². The lowest BCUT2D eigenvalue weighted by Crippen LogP contribution is -2.41. The van der Waals surface area contributed by atoms with E-state index in [9.17, 15) is 4.79 Å². The third-order valence-corrected chi connectivity index (χ3v) is 6.09. The number of carbonyl (C=O) groups is 1. The Balaban J connectivity index is 1.73. The number of nitrogen functional groups attached to an aromatic ring is 1. The molecule has 0 atom stereocenters. The molecule has 0 bridgehead atoms. The minimum absolute atomic E-state index is 0.173. The molecule has 0 aliphatic carbocycles. The highest BCUT2D eigenvalue weighted by Gasteiger charge is 2.43. The van der Waals surface area contributed by atoms with Crippen molar-refractivity contribution in [3.8, 4) is 5.75 Å². The van der Waals surface area contributed by atoms with Crippen LogP contribution in [0, 0.1) is 0 Å². The van der Waals surface area contributed by atoms with Gasteiger partial charge in [-0.1, -0.05) is 23.8 Å². The number of nitrogens with zero attached hydrogens (tertiary/aromatic N) is 1. The standard InChI is InChI=1S/C20H28ClN3O2/c1-3-6-14-17(22)16(21)13-15(18(14)26-2)19(25)23-10-9-20-7-4-11-24(20)12-5-8-20/h3,6,13H,4-5,7-12,22H2,1-2H3,(H,23,25)/b6-3-. The van der Waals surface area contributed by atoms with Gasteiger partial charge in [0.2, 0.25) is 0 Å². The van der Waals surface area contributed by atoms with Crippen LogP contribution in [-0.2, 0) is 0 Å². The Bertz CT molecular complexity index is 707. The van der Waals surface area contributed by atoms with Gasteiger partial charge >= 0.3 is 0 Å². The van der Waals surface area contributed by atoms with Gasteiger partial charge in [0.05, 0.1) is 23.4 Å². The zero-order valence-electron chi connectivity index (χ0n) is 15.6. The van der Waals surface area contributed by atoms with Gasteiger partial charge in [0.25, 0.3) is 5.91 Å². The highest BCUT2D eigenvalue weighted by molar-refractivity contribution is 6.34. The van der Waals surface area contributed by atoms with Crippen molar-refractivity contribution in [1.82, 2.24) is 10.2 Å². The second kappa shape index (κ2) is 7.89. The molecule has 3 rings (SSSR count). The molecule has 2 aliphatic rings. The number of nitrogens with two attached hydrogens (primary N) is 1. The van der Waals surface area contributed by atoms with Crippen LogP contribution < -0.4 is 15.8 Å². The van der Waals surface area contributed by atoms with Crippen LogP contribution in [0.15, 0.2) is 12.1 Å². The summed E-state index contributed by atoms with van der Waals surface area (Å²) in [4.78, 5) is 15.4. The van der Waals surface area contributed by atoms with Crippen molar-refractivity contribution in [3.63, 3.8) is 0 Å². The first kappa shape index (κ1) is 19.1. The molecule has 2 fully saturated rings. The lowest BCUT2D eigenvalue weighted by atomic mass is 9.90. The summed E-state index contributed by atoms with van der Waals surface area (Å²) in [6.07, 6.45) is 9.66. The largest absolute Gasteiger partial charge is 0.495 e. The highest BCUT2D eigenvalue weighted by atomic mass is 35.5. The minimum Gasteiger partial charge on any atom is -0.495 e. The maximum Gasteiger partial charge on any atom is 0.255 e. The number of allylic oxidation sites excluding steroid dienone is 1. The van der Waals surface area contributed by atoms with Crippen molar-refractivity contribution >= 4 is 29.3 Å². The summed E-state index contributed by atoms with van der Waals surface area (Å²) >= 11 is 6.24. The van der Waals surface area contributed by atoms with Crippen LogP contribution in [0.2, 0.25) is 5.02 Å². The quantitative estimate of drug-likeness (QED) is 0.741. The monoisotopic (exact) mass is 377 g/mol. The van der Waals surface area contributed by atoms with Gasteiger partial charge in [0, 0.05) is 17.6 Å². The van der Waals surface area contributed by atoms with E-state index < -0.39 is 0 Å². The van der Waals surface area contributed by atoms with Crippen molar-refractivity contribution in [1.29, 1.82) is 0 Å². The molecule has 0 unspecified atom stereocenters. The van der Waals surface area contributed by atoms with E-state index in [1.807, 2.05) is 19.1 Å². The number of hydrogen-bond donors (Lipinski definition) is 2. The summed E-state index contributed by atoms with van der Waals surface area (Å²) in [5.74, 6) is 0.289. The summed E-state index contributed by atoms with van der Waals surface area (Å²) in [7, 11) is 1.54. The number of benzene rings is 1. The molecule has 1 aromatic rings. The van der Waals surface area contributed by atoms with Crippen LogP contribution >= 0.6 is 11.6 Å². The number of anilines is 1. The third kappa shape index (κ3) is 3.42. The third-order valence-electron chi connectivity index (χ3n) is 5.78. The highest BCUT2D eigenvalue weighted by Crippen LogP contribution is 2.41. The van der Waals surface area contributed by atoms with E-state index in [1.54, 1.807) is 13.2 Å². The first-order valence-electron chi connectivity index (χ1n) is 9.34. The molecule has 2 saturated heterocycles. The zero-order valence-corrected chi connectivity index (χ0v) is 16.4. The molecule has 3 N–H and O–H groups in total. The molecule has 0 spiro atoms. The number of amides is 1. The van der Waals surface area contributed by atoms with Crippen molar-refractivity contribution in [3.05, 3.63) is 28.3 Å². The fourth-order valence-electron chi connectivity index (χ4n) is 4.52. The number of halogens is 1. The second-order valence-corrected chi connectivity index (χ2v) is 7.60. The van der Waals surface area contributed by atoms with E-state index in [0.29, 0.717) is 39.7 Å². The Labute approximate surface area is 160 Å². The normalized spacial score (nSPS) is 19.0. The molecule has 6 heteroatoms. The van der Waals surface area contributed by atoms with Crippen LogP contribution in [-0.4, -0.2) is 43.1 Å². The van der Waals surface area contributed by atoms with Crippen LogP contribution in [0.1, 0.15) is 54.9 Å². The smallest absolute Gasteiger partial charge is 0.255 e. The number of carbonyl (C=O) groups excluding carboxylic acids is 1. The maximum atomic E-state index is 12.8. The Kier molecular flexibility index (Phi) is 5.78. The summed E-state index contributed by atoms with van der Waals surface area (Å²) in [6.45, 7) is 4.93. The average Bonchev–Trinajstić information content (AvgIpc) is 3.18. The van der Waals surface area contributed by atoms with E-state index in [4.69, 9.17) is 22.1 Å². The lowest BCUT2D eigenvalue weighted by Gasteiger charge is -2.32. The number of nitrogens with one attached hydrogen (secondary N) is 1. The molecule has 5 nitrogen and oxygen atoms in total. The summed E-state index contributed by atoms with van der Waals surface area (Å²) in [5.41, 5.74) is 7.84. The van der Waals surface area contributed by atoms with Crippen LogP contribution in [0.4, 0.5) is 5.69 Å². The van der Waals surface area contributed by atoms with E-state index in [2.05, 4.69) is 10.2 Å². The number of fused-ring (bicyclic) bond motifs is 1. The Hall–Kier alpha value is -1.72. The molecule has 2 aliphatic heterocycles.